The maximum atomic E-state index is 12.8. The highest BCUT2D eigenvalue weighted by Gasteiger charge is 2.41. The summed E-state index contributed by atoms with van der Waals surface area (Å²) < 4.78 is 40.3. The quantitative estimate of drug-likeness (QED) is 0.299. The van der Waals surface area contributed by atoms with E-state index in [2.05, 4.69) is 15.4 Å². The van der Waals surface area contributed by atoms with Crippen LogP contribution < -0.4 is 5.32 Å². The van der Waals surface area contributed by atoms with Crippen LogP contribution in [0.25, 0.3) is 0 Å². The molecule has 1 aliphatic rings. The molecule has 1 N–H and O–H groups in total. The number of guanidine groups is 1. The van der Waals surface area contributed by atoms with E-state index in [1.54, 1.807) is 7.05 Å². The van der Waals surface area contributed by atoms with Crippen LogP contribution in [0.1, 0.15) is 18.9 Å². The van der Waals surface area contributed by atoms with E-state index in [4.69, 9.17) is 0 Å². The maximum absolute atomic E-state index is 12.8. The first-order valence-electron chi connectivity index (χ1n) is 8.56. The fraction of sp³-hybridized carbons (Fsp3) is 0.750. The minimum absolute atomic E-state index is 0. The molecule has 26 heavy (non-hydrogen) atoms. The van der Waals surface area contributed by atoms with Gasteiger partial charge in [-0.1, -0.05) is 0 Å². The Kier molecular flexibility index (Phi) is 9.14. The third kappa shape index (κ3) is 6.60. The number of rotatable bonds is 5. The number of aryl methyl sites for hydroxylation is 2. The Hall–Kier alpha value is -1.04. The second kappa shape index (κ2) is 10.3. The summed E-state index contributed by atoms with van der Waals surface area (Å²) in [4.78, 5) is 7.73. The fourth-order valence-corrected chi connectivity index (χ4v) is 2.89. The van der Waals surface area contributed by atoms with Crippen molar-refractivity contribution in [1.29, 1.82) is 0 Å². The molecule has 0 aliphatic carbocycles. The van der Waals surface area contributed by atoms with Gasteiger partial charge in [-0.05, 0) is 25.8 Å². The van der Waals surface area contributed by atoms with Crippen LogP contribution in [0.5, 0.6) is 0 Å². The zero-order valence-electron chi connectivity index (χ0n) is 15.5. The van der Waals surface area contributed by atoms with Crippen LogP contribution >= 0.6 is 24.0 Å². The highest BCUT2D eigenvalue weighted by Crippen LogP contribution is 2.25. The zero-order valence-corrected chi connectivity index (χ0v) is 17.8. The van der Waals surface area contributed by atoms with Crippen molar-refractivity contribution >= 4 is 29.9 Å². The lowest BCUT2D eigenvalue weighted by molar-refractivity contribution is -0.181. The fourth-order valence-electron chi connectivity index (χ4n) is 2.89. The summed E-state index contributed by atoms with van der Waals surface area (Å²) >= 11 is 0. The monoisotopic (exact) mass is 488 g/mol. The molecule has 0 bridgehead atoms. The molecular weight excluding hydrogens is 460 g/mol. The normalized spacial score (nSPS) is 17.8. The lowest BCUT2D eigenvalue weighted by Gasteiger charge is -2.39. The summed E-state index contributed by atoms with van der Waals surface area (Å²) in [7, 11) is 1.70. The van der Waals surface area contributed by atoms with Crippen LogP contribution in [0.15, 0.2) is 17.4 Å². The third-order valence-corrected chi connectivity index (χ3v) is 4.46. The molecule has 0 spiro atoms. The van der Waals surface area contributed by atoms with Crippen molar-refractivity contribution in [3.8, 4) is 0 Å². The van der Waals surface area contributed by atoms with Crippen LogP contribution in [0.2, 0.25) is 0 Å². The first kappa shape index (κ1) is 23.0. The smallest absolute Gasteiger partial charge is 0.356 e. The highest BCUT2D eigenvalue weighted by molar-refractivity contribution is 14.0. The number of hydrogen-bond acceptors (Lipinski definition) is 3. The van der Waals surface area contributed by atoms with E-state index in [0.717, 1.165) is 31.0 Å². The minimum atomic E-state index is -4.17. The summed E-state index contributed by atoms with van der Waals surface area (Å²) in [5.74, 6) is 0.746. The molecule has 2 heterocycles. The Balaban J connectivity index is 0.00000338. The van der Waals surface area contributed by atoms with Gasteiger partial charge in [0.15, 0.2) is 5.96 Å². The average Bonchev–Trinajstić information content (AvgIpc) is 2.99. The number of hydrogen-bond donors (Lipinski definition) is 1. The van der Waals surface area contributed by atoms with Gasteiger partial charge in [0.05, 0.1) is 6.20 Å². The molecular formula is C16H28F3IN6. The molecule has 1 aromatic rings. The zero-order chi connectivity index (χ0) is 18.4. The van der Waals surface area contributed by atoms with Gasteiger partial charge in [0.1, 0.15) is 6.04 Å². The number of alkyl halides is 3. The largest absolute Gasteiger partial charge is 0.403 e. The van der Waals surface area contributed by atoms with E-state index < -0.39 is 12.2 Å². The van der Waals surface area contributed by atoms with Crippen LogP contribution in [-0.4, -0.2) is 77.5 Å². The first-order valence-corrected chi connectivity index (χ1v) is 8.56. The Morgan fingerprint density at radius 2 is 1.96 bits per heavy atom. The second-order valence-electron chi connectivity index (χ2n) is 6.35. The summed E-state index contributed by atoms with van der Waals surface area (Å²) in [5, 5.41) is 7.52. The van der Waals surface area contributed by atoms with Crippen molar-refractivity contribution in [1.82, 2.24) is 24.9 Å². The van der Waals surface area contributed by atoms with Crippen molar-refractivity contribution in [3.05, 3.63) is 18.0 Å². The van der Waals surface area contributed by atoms with Crippen molar-refractivity contribution in [2.75, 3.05) is 39.8 Å². The molecule has 1 atom stereocenters. The van der Waals surface area contributed by atoms with Gasteiger partial charge in [-0.3, -0.25) is 14.6 Å². The number of aliphatic imine (C=N–C) groups is 1. The van der Waals surface area contributed by atoms with E-state index in [1.807, 2.05) is 28.9 Å². The standard InChI is InChI=1S/C16H27F3N6.HI/c1-13-11-22-25(12-13)6-4-5-21-15(20-3)24-9-7-23(8-10-24)14(2)16(17,18)19;/h11-12,14H,4-10H2,1-3H3,(H,20,21);1H. The van der Waals surface area contributed by atoms with Crippen LogP contribution in [0.4, 0.5) is 13.2 Å². The van der Waals surface area contributed by atoms with Gasteiger partial charge in [-0.25, -0.2) is 0 Å². The number of aromatic nitrogens is 2. The van der Waals surface area contributed by atoms with Gasteiger partial charge in [0, 0.05) is 52.5 Å². The van der Waals surface area contributed by atoms with Gasteiger partial charge in [0.25, 0.3) is 0 Å². The van der Waals surface area contributed by atoms with Crippen molar-refractivity contribution in [3.63, 3.8) is 0 Å². The molecule has 1 saturated heterocycles. The second-order valence-corrected chi connectivity index (χ2v) is 6.35. The highest BCUT2D eigenvalue weighted by atomic mass is 127. The average molecular weight is 488 g/mol. The molecule has 0 saturated carbocycles. The van der Waals surface area contributed by atoms with Crippen LogP contribution in [-0.2, 0) is 6.54 Å². The van der Waals surface area contributed by atoms with E-state index in [-0.39, 0.29) is 24.0 Å². The van der Waals surface area contributed by atoms with Gasteiger partial charge in [-0.15, -0.1) is 24.0 Å². The molecule has 0 radical (unpaired) electrons. The van der Waals surface area contributed by atoms with Crippen molar-refractivity contribution in [2.24, 2.45) is 4.99 Å². The van der Waals surface area contributed by atoms with E-state index in [9.17, 15) is 13.2 Å². The SMILES string of the molecule is CN=C(NCCCn1cc(C)cn1)N1CCN(C(C)C(F)(F)F)CC1.I. The summed E-state index contributed by atoms with van der Waals surface area (Å²) in [5.41, 5.74) is 1.13. The van der Waals surface area contributed by atoms with Gasteiger partial charge in [-0.2, -0.15) is 18.3 Å². The maximum Gasteiger partial charge on any atom is 0.403 e. The lowest BCUT2D eigenvalue weighted by Crippen LogP contribution is -2.56. The molecule has 1 aliphatic heterocycles. The van der Waals surface area contributed by atoms with Crippen LogP contribution in [0.3, 0.4) is 0 Å². The molecule has 0 aromatic carbocycles. The molecule has 2 rings (SSSR count). The minimum Gasteiger partial charge on any atom is -0.356 e. The Morgan fingerprint density at radius 1 is 1.31 bits per heavy atom. The van der Waals surface area contributed by atoms with Gasteiger partial charge >= 0.3 is 6.18 Å². The molecule has 150 valence electrons. The van der Waals surface area contributed by atoms with E-state index in [0.29, 0.717) is 26.2 Å². The molecule has 10 heteroatoms. The number of piperazine rings is 1. The summed E-state index contributed by atoms with van der Waals surface area (Å²) in [6, 6.07) is -1.40. The molecule has 1 unspecified atom stereocenters. The predicted octanol–water partition coefficient (Wildman–Crippen LogP) is 2.34. The van der Waals surface area contributed by atoms with Gasteiger partial charge < -0.3 is 10.2 Å². The Morgan fingerprint density at radius 3 is 2.46 bits per heavy atom. The number of nitrogens with one attached hydrogen (secondary N) is 1. The van der Waals surface area contributed by atoms with Gasteiger partial charge in [0.2, 0.25) is 0 Å². The predicted molar refractivity (Wildman–Crippen MR) is 107 cm³/mol. The number of halogens is 4. The van der Waals surface area contributed by atoms with E-state index >= 15 is 0 Å². The molecule has 1 fully saturated rings. The lowest BCUT2D eigenvalue weighted by atomic mass is 10.2. The van der Waals surface area contributed by atoms with Crippen LogP contribution in [0, 0.1) is 6.92 Å². The molecule has 0 amide bonds. The topological polar surface area (TPSA) is 48.7 Å². The summed E-state index contributed by atoms with van der Waals surface area (Å²) in [6.07, 6.45) is 0.543. The summed E-state index contributed by atoms with van der Waals surface area (Å²) in [6.45, 7) is 6.63. The van der Waals surface area contributed by atoms with Crippen molar-refractivity contribution in [2.45, 2.75) is 39.0 Å². The molecule has 1 aromatic heterocycles. The third-order valence-electron chi connectivity index (χ3n) is 4.46. The Labute approximate surface area is 169 Å². The Bertz CT molecular complexity index is 567. The molecule has 6 nitrogen and oxygen atoms in total. The van der Waals surface area contributed by atoms with E-state index in [1.165, 1.54) is 11.8 Å². The first-order chi connectivity index (χ1) is 11.8. The van der Waals surface area contributed by atoms with Crippen molar-refractivity contribution < 1.29 is 13.2 Å². The number of nitrogens with zero attached hydrogens (tertiary/aromatic N) is 5.